The first-order valence-electron chi connectivity index (χ1n) is 10.5. The lowest BCUT2D eigenvalue weighted by atomic mass is 9.99. The van der Waals surface area contributed by atoms with Crippen molar-refractivity contribution in [3.05, 3.63) is 46.5 Å². The number of hydrogen-bond acceptors (Lipinski definition) is 5. The van der Waals surface area contributed by atoms with Gasteiger partial charge in [-0.15, -0.1) is 11.3 Å². The van der Waals surface area contributed by atoms with E-state index in [0.29, 0.717) is 19.5 Å². The van der Waals surface area contributed by atoms with E-state index in [4.69, 9.17) is 0 Å². The lowest BCUT2D eigenvalue weighted by Crippen LogP contribution is -2.39. The summed E-state index contributed by atoms with van der Waals surface area (Å²) < 4.78 is 0. The average molecular weight is 429 g/mol. The number of hydrogen-bond donors (Lipinski definition) is 2. The second kappa shape index (κ2) is 11.0. The summed E-state index contributed by atoms with van der Waals surface area (Å²) in [5, 5.41) is 9.60. The Balaban J connectivity index is 1.42. The van der Waals surface area contributed by atoms with Crippen LogP contribution in [0.4, 0.5) is 5.13 Å². The molecule has 0 fully saturated rings. The third-order valence-electron chi connectivity index (χ3n) is 5.01. The van der Waals surface area contributed by atoms with Crippen molar-refractivity contribution in [1.29, 1.82) is 0 Å². The first kappa shape index (κ1) is 22.1. The lowest BCUT2D eigenvalue weighted by Gasteiger charge is -2.29. The van der Waals surface area contributed by atoms with E-state index in [1.165, 1.54) is 11.1 Å². The molecule has 0 spiro atoms. The molecule has 2 aromatic rings. The highest BCUT2D eigenvalue weighted by Crippen LogP contribution is 2.19. The van der Waals surface area contributed by atoms with E-state index in [1.54, 1.807) is 11.3 Å². The van der Waals surface area contributed by atoms with Gasteiger partial charge in [0.1, 0.15) is 0 Å². The fraction of sp³-hybridized carbons (Fsp3) is 0.500. The number of anilines is 1. The predicted octanol–water partition coefficient (Wildman–Crippen LogP) is 2.63. The summed E-state index contributed by atoms with van der Waals surface area (Å²) in [6.45, 7) is 5.62. The summed E-state index contributed by atoms with van der Waals surface area (Å²) in [6.07, 6.45) is 2.28. The molecule has 8 heteroatoms. The van der Waals surface area contributed by atoms with Crippen LogP contribution < -0.4 is 15.5 Å². The first-order valence-corrected chi connectivity index (χ1v) is 11.4. The van der Waals surface area contributed by atoms with Crippen molar-refractivity contribution in [1.82, 2.24) is 20.5 Å². The Morgan fingerprint density at radius 2 is 2.07 bits per heavy atom. The van der Waals surface area contributed by atoms with Crippen LogP contribution in [0.15, 0.2) is 34.6 Å². The fourth-order valence-corrected chi connectivity index (χ4v) is 4.14. The topological polar surface area (TPSA) is 72.9 Å². The van der Waals surface area contributed by atoms with E-state index in [-0.39, 0.29) is 5.91 Å². The standard InChI is InChI=1S/C22H32N6OS/c1-4-23-21(25-14-19-16-30-22(26-19)27(2)3)24-12-7-10-20(29)28-13-11-17-8-5-6-9-18(17)15-28/h5-6,8-9,16H,4,7,10-15H2,1-3H3,(H2,23,24,25). The van der Waals surface area contributed by atoms with E-state index < -0.39 is 0 Å². The molecule has 0 atom stereocenters. The SMILES string of the molecule is CCNC(=NCc1csc(N(C)C)n1)NCCCC(=O)N1CCc2ccccc2C1. The van der Waals surface area contributed by atoms with Gasteiger partial charge in [-0.3, -0.25) is 4.79 Å². The monoisotopic (exact) mass is 428 g/mol. The number of amides is 1. The van der Waals surface area contributed by atoms with E-state index in [9.17, 15) is 4.79 Å². The molecule has 0 bridgehead atoms. The number of aromatic nitrogens is 1. The number of nitrogens with zero attached hydrogens (tertiary/aromatic N) is 4. The molecule has 30 heavy (non-hydrogen) atoms. The van der Waals surface area contributed by atoms with Crippen LogP contribution in [0, 0.1) is 0 Å². The van der Waals surface area contributed by atoms with Crippen molar-refractivity contribution < 1.29 is 4.79 Å². The van der Waals surface area contributed by atoms with Gasteiger partial charge in [-0.25, -0.2) is 9.98 Å². The minimum Gasteiger partial charge on any atom is -0.357 e. The lowest BCUT2D eigenvalue weighted by molar-refractivity contribution is -0.132. The van der Waals surface area contributed by atoms with Gasteiger partial charge in [0.2, 0.25) is 5.91 Å². The normalized spacial score (nSPS) is 13.7. The van der Waals surface area contributed by atoms with Gasteiger partial charge in [-0.2, -0.15) is 0 Å². The van der Waals surface area contributed by atoms with Gasteiger partial charge in [0.05, 0.1) is 12.2 Å². The van der Waals surface area contributed by atoms with Crippen LogP contribution >= 0.6 is 11.3 Å². The zero-order chi connectivity index (χ0) is 21.3. The molecule has 0 unspecified atom stereocenters. The second-order valence-electron chi connectivity index (χ2n) is 7.58. The van der Waals surface area contributed by atoms with Crippen molar-refractivity contribution in [3.8, 4) is 0 Å². The fourth-order valence-electron chi connectivity index (χ4n) is 3.39. The van der Waals surface area contributed by atoms with E-state index in [0.717, 1.165) is 49.3 Å². The van der Waals surface area contributed by atoms with Gasteiger partial charge in [0.15, 0.2) is 11.1 Å². The zero-order valence-electron chi connectivity index (χ0n) is 18.1. The Morgan fingerprint density at radius 1 is 1.27 bits per heavy atom. The summed E-state index contributed by atoms with van der Waals surface area (Å²) in [5.41, 5.74) is 3.60. The molecule has 1 amide bonds. The minimum atomic E-state index is 0.229. The number of fused-ring (bicyclic) bond motifs is 1. The van der Waals surface area contributed by atoms with Crippen molar-refractivity contribution in [2.75, 3.05) is 38.6 Å². The quantitative estimate of drug-likeness (QED) is 0.384. The van der Waals surface area contributed by atoms with Crippen LogP contribution in [0.5, 0.6) is 0 Å². The molecular formula is C22H32N6OS. The third-order valence-corrected chi connectivity index (χ3v) is 6.07. The van der Waals surface area contributed by atoms with Crippen molar-refractivity contribution >= 4 is 28.3 Å². The Morgan fingerprint density at radius 3 is 2.80 bits per heavy atom. The summed E-state index contributed by atoms with van der Waals surface area (Å²) >= 11 is 1.62. The molecule has 1 aliphatic heterocycles. The van der Waals surface area contributed by atoms with Gasteiger partial charge in [-0.1, -0.05) is 24.3 Å². The largest absolute Gasteiger partial charge is 0.357 e. The molecule has 0 saturated carbocycles. The van der Waals surface area contributed by atoms with Crippen LogP contribution in [-0.4, -0.2) is 55.5 Å². The number of rotatable bonds is 8. The molecule has 162 valence electrons. The van der Waals surface area contributed by atoms with Gasteiger partial charge >= 0.3 is 0 Å². The number of carbonyl (C=O) groups excluding carboxylic acids is 1. The number of benzene rings is 1. The molecular weight excluding hydrogens is 396 g/mol. The molecule has 1 aromatic heterocycles. The summed E-state index contributed by atoms with van der Waals surface area (Å²) in [6, 6.07) is 8.40. The summed E-state index contributed by atoms with van der Waals surface area (Å²) in [4.78, 5) is 25.7. The smallest absolute Gasteiger partial charge is 0.222 e. The zero-order valence-corrected chi connectivity index (χ0v) is 19.0. The van der Waals surface area contributed by atoms with Crippen LogP contribution in [0.1, 0.15) is 36.6 Å². The number of thiazole rings is 1. The molecule has 0 aliphatic carbocycles. The van der Waals surface area contributed by atoms with Crippen molar-refractivity contribution in [2.24, 2.45) is 4.99 Å². The van der Waals surface area contributed by atoms with Gasteiger partial charge in [0, 0.05) is 52.1 Å². The van der Waals surface area contributed by atoms with E-state index >= 15 is 0 Å². The average Bonchev–Trinajstić information content (AvgIpc) is 3.24. The number of guanidine groups is 1. The highest BCUT2D eigenvalue weighted by molar-refractivity contribution is 7.13. The van der Waals surface area contributed by atoms with Crippen LogP contribution in [0.3, 0.4) is 0 Å². The maximum Gasteiger partial charge on any atom is 0.222 e. The van der Waals surface area contributed by atoms with Gasteiger partial charge < -0.3 is 20.4 Å². The van der Waals surface area contributed by atoms with Crippen molar-refractivity contribution in [3.63, 3.8) is 0 Å². The Hall–Kier alpha value is -2.61. The summed E-state index contributed by atoms with van der Waals surface area (Å²) in [7, 11) is 3.98. The summed E-state index contributed by atoms with van der Waals surface area (Å²) in [5.74, 6) is 0.989. The third kappa shape index (κ3) is 6.19. The molecule has 1 aliphatic rings. The maximum absolute atomic E-state index is 12.6. The molecule has 3 rings (SSSR count). The van der Waals surface area contributed by atoms with Crippen LogP contribution in [0.2, 0.25) is 0 Å². The number of aliphatic imine (C=N–C) groups is 1. The molecule has 0 radical (unpaired) electrons. The molecule has 0 saturated heterocycles. The van der Waals surface area contributed by atoms with Crippen LogP contribution in [-0.2, 0) is 24.3 Å². The molecule has 2 N–H and O–H groups in total. The molecule has 7 nitrogen and oxygen atoms in total. The van der Waals surface area contributed by atoms with E-state index in [1.807, 2.05) is 42.3 Å². The second-order valence-corrected chi connectivity index (χ2v) is 8.41. The maximum atomic E-state index is 12.6. The molecule has 2 heterocycles. The Kier molecular flexibility index (Phi) is 8.07. The molecule has 1 aromatic carbocycles. The highest BCUT2D eigenvalue weighted by atomic mass is 32.1. The Labute approximate surface area is 183 Å². The van der Waals surface area contributed by atoms with Crippen molar-refractivity contribution in [2.45, 2.75) is 39.3 Å². The number of carbonyl (C=O) groups is 1. The predicted molar refractivity (Wildman–Crippen MR) is 124 cm³/mol. The van der Waals surface area contributed by atoms with Gasteiger partial charge in [-0.05, 0) is 30.9 Å². The van der Waals surface area contributed by atoms with Gasteiger partial charge in [0.25, 0.3) is 0 Å². The first-order chi connectivity index (χ1) is 14.6. The minimum absolute atomic E-state index is 0.229. The number of nitrogens with one attached hydrogen (secondary N) is 2. The van der Waals surface area contributed by atoms with E-state index in [2.05, 4.69) is 38.8 Å². The Bertz CT molecular complexity index is 863. The highest BCUT2D eigenvalue weighted by Gasteiger charge is 2.19. The van der Waals surface area contributed by atoms with Crippen LogP contribution in [0.25, 0.3) is 0 Å².